The van der Waals surface area contributed by atoms with Crippen molar-refractivity contribution in [1.82, 2.24) is 4.98 Å². The van der Waals surface area contributed by atoms with Crippen LogP contribution in [0.5, 0.6) is 0 Å². The molecule has 0 bridgehead atoms. The zero-order chi connectivity index (χ0) is 26.5. The maximum Gasteiger partial charge on any atom is 0.110 e. The van der Waals surface area contributed by atoms with Crippen LogP contribution in [0.15, 0.2) is 78.9 Å². The molecule has 0 aliphatic heterocycles. The number of aliphatic hydroxyl groups excluding tert-OH is 1. The molecule has 0 spiro atoms. The highest BCUT2D eigenvalue weighted by Gasteiger charge is 2.26. The fraction of sp³-hybridized carbons (Fsp3) is 0.303. The number of halogens is 1. The lowest BCUT2D eigenvalue weighted by atomic mass is 9.89. The summed E-state index contributed by atoms with van der Waals surface area (Å²) in [6, 6.07) is 26.6. The third-order valence-electron chi connectivity index (χ3n) is 7.22. The summed E-state index contributed by atoms with van der Waals surface area (Å²) in [7, 11) is 0. The number of hydrogen-bond acceptors (Lipinski definition) is 4. The Labute approximate surface area is 234 Å². The Morgan fingerprint density at radius 2 is 1.84 bits per heavy atom. The van der Waals surface area contributed by atoms with Crippen LogP contribution in [0, 0.1) is 5.92 Å². The molecular weight excluding hydrogens is 510 g/mol. The van der Waals surface area contributed by atoms with Gasteiger partial charge in [-0.25, -0.2) is 4.98 Å². The molecule has 1 aromatic heterocycles. The maximum atomic E-state index is 10.7. The van der Waals surface area contributed by atoms with Crippen LogP contribution in [0.25, 0.3) is 23.1 Å². The molecule has 2 N–H and O–H groups in total. The molecule has 5 rings (SSSR count). The molecule has 5 heteroatoms. The van der Waals surface area contributed by atoms with E-state index >= 15 is 0 Å². The number of nitrogens with zero attached hydrogens (tertiary/aromatic N) is 1. The maximum absolute atomic E-state index is 10.7. The Balaban J connectivity index is 1.35. The van der Waals surface area contributed by atoms with Crippen LogP contribution in [-0.2, 0) is 12.0 Å². The predicted octanol–water partition coefficient (Wildman–Crippen LogP) is 8.08. The van der Waals surface area contributed by atoms with Crippen molar-refractivity contribution in [2.75, 3.05) is 12.4 Å². The first-order chi connectivity index (χ1) is 18.4. The van der Waals surface area contributed by atoms with Crippen LogP contribution < -0.4 is 0 Å². The molecular formula is C33H34ClNO2S. The van der Waals surface area contributed by atoms with Crippen molar-refractivity contribution in [2.45, 2.75) is 43.5 Å². The molecule has 1 aliphatic carbocycles. The molecule has 0 saturated heterocycles. The standard InChI is InChI=1S/C33H34ClNO2S/c1-33(37,22-36)30-8-3-2-6-25(30)14-18-32(38-21-24-9-10-24)27-7-4-5-23(19-27)11-16-29-17-13-26-12-15-28(34)20-31(26)35-29/h2-8,11-13,15-17,19-20,24,32,36-37H,9-10,14,18,21-22H2,1H3/t32-,33+/m1/s1. The first-order valence-electron chi connectivity index (χ1n) is 13.3. The van der Waals surface area contributed by atoms with Gasteiger partial charge in [-0.2, -0.15) is 11.8 Å². The van der Waals surface area contributed by atoms with Gasteiger partial charge >= 0.3 is 0 Å². The summed E-state index contributed by atoms with van der Waals surface area (Å²) in [5, 5.41) is 22.6. The third kappa shape index (κ3) is 6.86. The molecule has 1 heterocycles. The zero-order valence-corrected chi connectivity index (χ0v) is 23.3. The normalized spacial score (nSPS) is 16.1. The van der Waals surface area contributed by atoms with E-state index < -0.39 is 5.60 Å². The van der Waals surface area contributed by atoms with Crippen molar-refractivity contribution in [1.29, 1.82) is 0 Å². The van der Waals surface area contributed by atoms with E-state index in [0.717, 1.165) is 52.0 Å². The molecule has 3 nitrogen and oxygen atoms in total. The summed E-state index contributed by atoms with van der Waals surface area (Å²) < 4.78 is 0. The van der Waals surface area contributed by atoms with Crippen molar-refractivity contribution in [2.24, 2.45) is 5.92 Å². The monoisotopic (exact) mass is 543 g/mol. The van der Waals surface area contributed by atoms with Crippen LogP contribution in [0.1, 0.15) is 59.4 Å². The summed E-state index contributed by atoms with van der Waals surface area (Å²) in [5.41, 5.74) is 4.94. The Morgan fingerprint density at radius 1 is 1.03 bits per heavy atom. The number of benzene rings is 3. The molecule has 1 aliphatic rings. The van der Waals surface area contributed by atoms with Gasteiger partial charge in [-0.15, -0.1) is 0 Å². The van der Waals surface area contributed by atoms with E-state index in [2.05, 4.69) is 48.6 Å². The topological polar surface area (TPSA) is 53.4 Å². The largest absolute Gasteiger partial charge is 0.393 e. The highest BCUT2D eigenvalue weighted by atomic mass is 35.5. The molecule has 3 aromatic carbocycles. The molecule has 1 saturated carbocycles. The number of fused-ring (bicyclic) bond motifs is 1. The second-order valence-corrected chi connectivity index (χ2v) is 12.1. The van der Waals surface area contributed by atoms with E-state index in [1.54, 1.807) is 6.92 Å². The molecule has 1 fully saturated rings. The van der Waals surface area contributed by atoms with Gasteiger partial charge in [-0.05, 0) is 90.8 Å². The SMILES string of the molecule is C[C@](O)(CO)c1ccccc1CC[C@@H](SCC1CC1)c1cccc(C=Cc2ccc3ccc(Cl)cc3n2)c1. The van der Waals surface area contributed by atoms with E-state index in [1.807, 2.05) is 54.2 Å². The van der Waals surface area contributed by atoms with Gasteiger partial charge in [0.1, 0.15) is 5.60 Å². The van der Waals surface area contributed by atoms with Gasteiger partial charge in [0.25, 0.3) is 0 Å². The van der Waals surface area contributed by atoms with Gasteiger partial charge in [0.2, 0.25) is 0 Å². The number of rotatable bonds is 11. The number of thioether (sulfide) groups is 1. The minimum absolute atomic E-state index is 0.294. The number of pyridine rings is 1. The molecule has 0 unspecified atom stereocenters. The molecule has 38 heavy (non-hydrogen) atoms. The summed E-state index contributed by atoms with van der Waals surface area (Å²) in [4.78, 5) is 4.75. The minimum Gasteiger partial charge on any atom is -0.393 e. The predicted molar refractivity (Wildman–Crippen MR) is 161 cm³/mol. The van der Waals surface area contributed by atoms with E-state index in [4.69, 9.17) is 16.6 Å². The molecule has 196 valence electrons. The highest BCUT2D eigenvalue weighted by molar-refractivity contribution is 7.99. The van der Waals surface area contributed by atoms with Gasteiger partial charge in [0.05, 0.1) is 17.8 Å². The minimum atomic E-state index is -1.24. The quantitative estimate of drug-likeness (QED) is 0.201. The third-order valence-corrected chi connectivity index (χ3v) is 9.03. The molecule has 0 amide bonds. The van der Waals surface area contributed by atoms with Gasteiger partial charge < -0.3 is 10.2 Å². The molecule has 0 radical (unpaired) electrons. The lowest BCUT2D eigenvalue weighted by molar-refractivity contribution is -0.00299. The fourth-order valence-electron chi connectivity index (χ4n) is 4.76. The first-order valence-corrected chi connectivity index (χ1v) is 14.7. The Bertz CT molecular complexity index is 1430. The van der Waals surface area contributed by atoms with Crippen LogP contribution in [0.4, 0.5) is 0 Å². The van der Waals surface area contributed by atoms with E-state index in [9.17, 15) is 10.2 Å². The van der Waals surface area contributed by atoms with Crippen molar-refractivity contribution in [3.8, 4) is 0 Å². The number of hydrogen-bond donors (Lipinski definition) is 2. The summed E-state index contributed by atoms with van der Waals surface area (Å²) in [5.74, 6) is 2.03. The average Bonchev–Trinajstić information content (AvgIpc) is 3.76. The van der Waals surface area contributed by atoms with Gasteiger partial charge in [-0.3, -0.25) is 0 Å². The zero-order valence-electron chi connectivity index (χ0n) is 21.7. The summed E-state index contributed by atoms with van der Waals surface area (Å²) in [6.07, 6.45) is 8.68. The second-order valence-electron chi connectivity index (χ2n) is 10.5. The Hall–Kier alpha value is -2.63. The van der Waals surface area contributed by atoms with E-state index in [-0.39, 0.29) is 6.61 Å². The molecule has 4 aromatic rings. The van der Waals surface area contributed by atoms with Crippen molar-refractivity contribution in [3.05, 3.63) is 112 Å². The van der Waals surface area contributed by atoms with Gasteiger partial charge in [0, 0.05) is 15.7 Å². The fourth-order valence-corrected chi connectivity index (χ4v) is 6.39. The van der Waals surface area contributed by atoms with Crippen molar-refractivity contribution >= 4 is 46.4 Å². The van der Waals surface area contributed by atoms with Gasteiger partial charge in [-0.1, -0.05) is 78.3 Å². The van der Waals surface area contributed by atoms with Crippen LogP contribution in [-0.4, -0.2) is 27.6 Å². The second kappa shape index (κ2) is 12.0. The van der Waals surface area contributed by atoms with Crippen LogP contribution in [0.3, 0.4) is 0 Å². The average molecular weight is 544 g/mol. The summed E-state index contributed by atoms with van der Waals surface area (Å²) in [6.45, 7) is 1.39. The Kier molecular flexibility index (Phi) is 8.54. The van der Waals surface area contributed by atoms with Gasteiger partial charge in [0.15, 0.2) is 0 Å². The summed E-state index contributed by atoms with van der Waals surface area (Å²) >= 11 is 8.21. The first kappa shape index (κ1) is 27.0. The van der Waals surface area contributed by atoms with E-state index in [1.165, 1.54) is 24.2 Å². The van der Waals surface area contributed by atoms with E-state index in [0.29, 0.717) is 10.3 Å². The van der Waals surface area contributed by atoms with Crippen molar-refractivity contribution < 1.29 is 10.2 Å². The lowest BCUT2D eigenvalue weighted by Gasteiger charge is -2.25. The van der Waals surface area contributed by atoms with Crippen LogP contribution >= 0.6 is 23.4 Å². The Morgan fingerprint density at radius 3 is 2.66 bits per heavy atom. The van der Waals surface area contributed by atoms with Crippen LogP contribution in [0.2, 0.25) is 5.02 Å². The number of aliphatic hydroxyl groups is 2. The highest BCUT2D eigenvalue weighted by Crippen LogP contribution is 2.41. The number of aryl methyl sites for hydroxylation is 1. The lowest BCUT2D eigenvalue weighted by Crippen LogP contribution is -2.27. The van der Waals surface area contributed by atoms with Crippen molar-refractivity contribution in [3.63, 3.8) is 0 Å². The molecule has 2 atom stereocenters. The smallest absolute Gasteiger partial charge is 0.110 e. The number of aromatic nitrogens is 1.